The van der Waals surface area contributed by atoms with Gasteiger partial charge < -0.3 is 10.3 Å². The monoisotopic (exact) mass is 435 g/mol. The molecule has 0 aliphatic heterocycles. The van der Waals surface area contributed by atoms with Crippen LogP contribution in [-0.2, 0) is 6.42 Å². The highest BCUT2D eigenvalue weighted by molar-refractivity contribution is 6.33. The Balaban J connectivity index is 1.40. The number of hydrogen-bond donors (Lipinski definition) is 1. The number of hydrogen-bond acceptors (Lipinski definition) is 4. The van der Waals surface area contributed by atoms with Gasteiger partial charge in [-0.25, -0.2) is 19.3 Å². The van der Waals surface area contributed by atoms with Crippen molar-refractivity contribution >= 4 is 39.4 Å². The molecule has 1 aliphatic carbocycles. The molecule has 0 amide bonds. The summed E-state index contributed by atoms with van der Waals surface area (Å²) in [4.78, 5) is 13.0. The number of nitrogen functional groups attached to an aromatic ring is 1. The molecule has 2 atom stereocenters. The fourth-order valence-electron chi connectivity index (χ4n) is 4.60. The molecule has 0 fully saturated rings. The Hall–Kier alpha value is -2.99. The number of nitrogens with two attached hydrogens (primary N) is 1. The van der Waals surface area contributed by atoms with Gasteiger partial charge in [-0.1, -0.05) is 30.2 Å². The van der Waals surface area contributed by atoms with E-state index < -0.39 is 0 Å². The molecule has 7 heteroatoms. The van der Waals surface area contributed by atoms with Crippen LogP contribution in [0.2, 0.25) is 5.02 Å². The minimum Gasteiger partial charge on any atom is -0.382 e. The number of nitrogens with zero attached hydrogens (tertiary/aromatic N) is 4. The Labute approximate surface area is 184 Å². The number of halogens is 2. The number of fused-ring (bicyclic) bond motifs is 2. The Morgan fingerprint density at radius 2 is 2.10 bits per heavy atom. The molecule has 3 aromatic heterocycles. The highest BCUT2D eigenvalue weighted by atomic mass is 35.5. The van der Waals surface area contributed by atoms with Crippen molar-refractivity contribution in [3.05, 3.63) is 70.5 Å². The van der Waals surface area contributed by atoms with Crippen LogP contribution >= 0.6 is 11.6 Å². The summed E-state index contributed by atoms with van der Waals surface area (Å²) in [5.41, 5.74) is 10.6. The molecule has 2 N–H and O–H groups in total. The molecule has 0 radical (unpaired) electrons. The second-order valence-corrected chi connectivity index (χ2v) is 8.78. The van der Waals surface area contributed by atoms with Gasteiger partial charge in [-0.3, -0.25) is 0 Å². The number of aryl methyl sites for hydroxylation is 1. The van der Waals surface area contributed by atoms with Gasteiger partial charge in [0.1, 0.15) is 23.6 Å². The normalized spacial score (nSPS) is 17.4. The molecule has 2 unspecified atom stereocenters. The summed E-state index contributed by atoms with van der Waals surface area (Å²) >= 11 is 6.00. The van der Waals surface area contributed by atoms with Gasteiger partial charge in [-0.15, -0.1) is 0 Å². The molecule has 5 rings (SSSR count). The van der Waals surface area contributed by atoms with Crippen molar-refractivity contribution in [2.24, 2.45) is 5.92 Å². The van der Waals surface area contributed by atoms with E-state index in [0.717, 1.165) is 41.6 Å². The Bertz CT molecular complexity index is 1340. The molecular formula is C24H23ClFN5. The summed E-state index contributed by atoms with van der Waals surface area (Å²) in [7, 11) is 0. The molecule has 5 nitrogen and oxygen atoms in total. The number of rotatable bonds is 4. The molecule has 0 spiro atoms. The fraction of sp³-hybridized carbons (Fsp3) is 0.292. The van der Waals surface area contributed by atoms with E-state index in [2.05, 4.69) is 44.8 Å². The highest BCUT2D eigenvalue weighted by Crippen LogP contribution is 2.36. The van der Waals surface area contributed by atoms with Crippen molar-refractivity contribution in [1.82, 2.24) is 19.5 Å². The maximum atomic E-state index is 14.6. The highest BCUT2D eigenvalue weighted by Gasteiger charge is 2.23. The van der Waals surface area contributed by atoms with Gasteiger partial charge in [0.25, 0.3) is 0 Å². The van der Waals surface area contributed by atoms with E-state index in [4.69, 9.17) is 17.3 Å². The van der Waals surface area contributed by atoms with E-state index in [-0.39, 0.29) is 22.7 Å². The summed E-state index contributed by atoms with van der Waals surface area (Å²) in [6, 6.07) is 7.40. The molecule has 0 saturated carbocycles. The van der Waals surface area contributed by atoms with Gasteiger partial charge in [0.05, 0.1) is 22.3 Å². The quantitative estimate of drug-likeness (QED) is 0.411. The van der Waals surface area contributed by atoms with Crippen molar-refractivity contribution in [2.45, 2.75) is 39.2 Å². The topological polar surface area (TPSA) is 69.6 Å². The van der Waals surface area contributed by atoms with E-state index in [0.29, 0.717) is 16.8 Å². The van der Waals surface area contributed by atoms with Crippen LogP contribution in [0, 0.1) is 18.7 Å². The summed E-state index contributed by atoms with van der Waals surface area (Å²) in [5.74, 6) is 0.198. The minimum atomic E-state index is -0.318. The third kappa shape index (κ3) is 3.55. The zero-order valence-electron chi connectivity index (χ0n) is 17.4. The first-order valence-electron chi connectivity index (χ1n) is 10.4. The average molecular weight is 436 g/mol. The van der Waals surface area contributed by atoms with Crippen molar-refractivity contribution < 1.29 is 4.39 Å². The van der Waals surface area contributed by atoms with Gasteiger partial charge in [-0.2, -0.15) is 0 Å². The van der Waals surface area contributed by atoms with E-state index >= 15 is 0 Å². The first-order chi connectivity index (χ1) is 14.9. The zero-order valence-corrected chi connectivity index (χ0v) is 18.2. The first-order valence-corrected chi connectivity index (χ1v) is 10.8. The zero-order chi connectivity index (χ0) is 21.7. The van der Waals surface area contributed by atoms with Gasteiger partial charge >= 0.3 is 0 Å². The van der Waals surface area contributed by atoms with E-state index in [1.807, 2.05) is 13.0 Å². The van der Waals surface area contributed by atoms with Gasteiger partial charge in [0.15, 0.2) is 0 Å². The van der Waals surface area contributed by atoms with E-state index in [1.54, 1.807) is 18.5 Å². The van der Waals surface area contributed by atoms with Crippen LogP contribution in [0.3, 0.4) is 0 Å². The lowest BCUT2D eigenvalue weighted by atomic mass is 9.92. The number of aromatic nitrogens is 4. The van der Waals surface area contributed by atoms with Crippen LogP contribution in [0.25, 0.3) is 21.9 Å². The van der Waals surface area contributed by atoms with Crippen LogP contribution in [0.1, 0.15) is 37.1 Å². The predicted molar refractivity (Wildman–Crippen MR) is 123 cm³/mol. The largest absolute Gasteiger partial charge is 0.382 e. The number of benzene rings is 1. The lowest BCUT2D eigenvalue weighted by Crippen LogP contribution is -2.04. The molecule has 158 valence electrons. The molecule has 1 aromatic carbocycles. The second-order valence-electron chi connectivity index (χ2n) is 8.37. The average Bonchev–Trinajstić information content (AvgIpc) is 3.37. The van der Waals surface area contributed by atoms with Crippen molar-refractivity contribution in [1.29, 1.82) is 0 Å². The minimum absolute atomic E-state index is 0.220. The van der Waals surface area contributed by atoms with Crippen LogP contribution < -0.4 is 5.73 Å². The first kappa shape index (κ1) is 19.9. The molecule has 1 aliphatic rings. The van der Waals surface area contributed by atoms with E-state index in [1.165, 1.54) is 5.57 Å². The Morgan fingerprint density at radius 1 is 1.26 bits per heavy atom. The second kappa shape index (κ2) is 7.61. The maximum Gasteiger partial charge on any atom is 0.144 e. The van der Waals surface area contributed by atoms with E-state index in [9.17, 15) is 4.39 Å². The van der Waals surface area contributed by atoms with Gasteiger partial charge in [0.2, 0.25) is 0 Å². The van der Waals surface area contributed by atoms with Crippen molar-refractivity contribution in [3.63, 3.8) is 0 Å². The Kier molecular flexibility index (Phi) is 4.89. The summed E-state index contributed by atoms with van der Waals surface area (Å²) in [6.45, 7) is 4.20. The molecule has 0 saturated heterocycles. The number of anilines is 1. The number of pyridine rings is 1. The summed E-state index contributed by atoms with van der Waals surface area (Å²) < 4.78 is 16.9. The van der Waals surface area contributed by atoms with Crippen molar-refractivity contribution in [3.8, 4) is 0 Å². The van der Waals surface area contributed by atoms with Crippen LogP contribution in [0.15, 0.2) is 48.4 Å². The predicted octanol–water partition coefficient (Wildman–Crippen LogP) is 5.80. The summed E-state index contributed by atoms with van der Waals surface area (Å²) in [5, 5.41) is 1.76. The molecule has 31 heavy (non-hydrogen) atoms. The Morgan fingerprint density at radius 3 is 2.94 bits per heavy atom. The standard InChI is InChI=1S/C24H23ClFN5/c1-13(7-15-8-21(26)19-11-20(25)23(27)30-22(19)9-15)16-3-4-17(10-16)31-6-5-18-14(2)28-12-29-24(18)31/h5-6,8-13,17H,3-4,7H2,1-2H3,(H2,27,30). The maximum absolute atomic E-state index is 14.6. The fourth-order valence-corrected chi connectivity index (χ4v) is 4.75. The van der Waals surface area contributed by atoms with Crippen LogP contribution in [0.5, 0.6) is 0 Å². The third-order valence-corrected chi connectivity index (χ3v) is 6.60. The lowest BCUT2D eigenvalue weighted by Gasteiger charge is -2.14. The van der Waals surface area contributed by atoms with Gasteiger partial charge in [0, 0.05) is 17.0 Å². The lowest BCUT2D eigenvalue weighted by molar-refractivity contribution is 0.593. The van der Waals surface area contributed by atoms with Crippen LogP contribution in [-0.4, -0.2) is 19.5 Å². The number of allylic oxidation sites excluding steroid dienone is 2. The van der Waals surface area contributed by atoms with Gasteiger partial charge in [-0.05, 0) is 61.9 Å². The van der Waals surface area contributed by atoms with Crippen molar-refractivity contribution in [2.75, 3.05) is 5.73 Å². The third-order valence-electron chi connectivity index (χ3n) is 6.30. The molecule has 3 heterocycles. The molecule has 0 bridgehead atoms. The molecular weight excluding hydrogens is 413 g/mol. The van der Waals surface area contributed by atoms with Crippen LogP contribution in [0.4, 0.5) is 10.2 Å². The molecule has 4 aromatic rings. The summed E-state index contributed by atoms with van der Waals surface area (Å²) in [6.07, 6.45) is 8.86. The smallest absolute Gasteiger partial charge is 0.144 e. The SMILES string of the molecule is Cc1ncnc2c1ccn2C1C=C(C(C)Cc2cc(F)c3cc(Cl)c(N)nc3c2)CC1.